The molecule has 0 saturated carbocycles. The van der Waals surface area contributed by atoms with Crippen LogP contribution >= 0.6 is 35.2 Å². The van der Waals surface area contributed by atoms with Crippen molar-refractivity contribution in [1.82, 2.24) is 4.98 Å². The highest BCUT2D eigenvalue weighted by molar-refractivity contribution is 14.1. The van der Waals surface area contributed by atoms with Crippen LogP contribution in [0.1, 0.15) is 5.56 Å². The summed E-state index contributed by atoms with van der Waals surface area (Å²) < 4.78 is 36.5. The Labute approximate surface area is 85.9 Å². The molecule has 1 rings (SSSR count). The fraction of sp³-hybridized carbons (Fsp3) is 0.167. The van der Waals surface area contributed by atoms with E-state index in [4.69, 9.17) is 0 Å². The van der Waals surface area contributed by atoms with Gasteiger partial charge in [-0.3, -0.25) is 0 Å². The highest BCUT2D eigenvalue weighted by Crippen LogP contribution is 2.30. The van der Waals surface area contributed by atoms with Gasteiger partial charge >= 0.3 is 6.18 Å². The molecule has 1 aromatic rings. The number of aromatic nitrogens is 1. The van der Waals surface area contributed by atoms with Crippen LogP contribution in [0.5, 0.6) is 0 Å². The largest absolute Gasteiger partial charge is 0.417 e. The third-order valence-electron chi connectivity index (χ3n) is 1.15. The molecule has 6 heteroatoms. The van der Waals surface area contributed by atoms with Gasteiger partial charge in [0.05, 0.1) is 5.56 Å². The molecule has 0 amide bonds. The Hall–Kier alpha value is 0.0200. The van der Waals surface area contributed by atoms with Crippen LogP contribution in [0.3, 0.4) is 0 Å². The van der Waals surface area contributed by atoms with E-state index in [-0.39, 0.29) is 4.90 Å². The van der Waals surface area contributed by atoms with Crippen molar-refractivity contribution in [2.24, 2.45) is 0 Å². The smallest absolute Gasteiger partial charge is 0.249 e. The molecule has 0 aliphatic rings. The van der Waals surface area contributed by atoms with Crippen molar-refractivity contribution in [3.63, 3.8) is 0 Å². The lowest BCUT2D eigenvalue weighted by molar-refractivity contribution is -0.138. The van der Waals surface area contributed by atoms with Crippen LogP contribution in [0.4, 0.5) is 13.2 Å². The molecule has 66 valence electrons. The Morgan fingerprint density at radius 2 is 2.00 bits per heavy atom. The van der Waals surface area contributed by atoms with Crippen LogP contribution in [-0.4, -0.2) is 4.98 Å². The van der Waals surface area contributed by atoms with Crippen molar-refractivity contribution in [1.29, 1.82) is 0 Å². The van der Waals surface area contributed by atoms with Gasteiger partial charge in [0, 0.05) is 11.1 Å². The van der Waals surface area contributed by atoms with E-state index in [0.717, 1.165) is 12.3 Å². The lowest BCUT2D eigenvalue weighted by Crippen LogP contribution is -2.05. The second kappa shape index (κ2) is 3.41. The number of alkyl halides is 3. The number of rotatable bonds is 0. The van der Waals surface area contributed by atoms with Crippen LogP contribution in [0, 0.1) is 3.70 Å². The Morgan fingerprint density at radius 1 is 1.42 bits per heavy atom. The zero-order valence-electron chi connectivity index (χ0n) is 5.56. The van der Waals surface area contributed by atoms with E-state index in [0.29, 0.717) is 3.70 Å². The van der Waals surface area contributed by atoms with E-state index in [2.05, 4.69) is 17.6 Å². The quantitative estimate of drug-likeness (QED) is 0.442. The average molecular weight is 305 g/mol. The Balaban J connectivity index is 3.14. The first-order valence-corrected chi connectivity index (χ1v) is 4.35. The molecule has 0 aromatic carbocycles. The summed E-state index contributed by atoms with van der Waals surface area (Å²) in [4.78, 5) is 3.78. The summed E-state index contributed by atoms with van der Waals surface area (Å²) in [7, 11) is 0. The Kier molecular flexibility index (Phi) is 2.87. The highest BCUT2D eigenvalue weighted by Gasteiger charge is 2.31. The van der Waals surface area contributed by atoms with E-state index in [1.54, 1.807) is 0 Å². The molecule has 0 aliphatic carbocycles. The summed E-state index contributed by atoms with van der Waals surface area (Å²) in [6, 6.07) is 0.956. The second-order valence-electron chi connectivity index (χ2n) is 2.03. The van der Waals surface area contributed by atoms with E-state index < -0.39 is 11.7 Å². The number of halogens is 4. The summed E-state index contributed by atoms with van der Waals surface area (Å²) in [5, 5.41) is 0. The lowest BCUT2D eigenvalue weighted by atomic mass is 10.3. The number of hydrogen-bond donors (Lipinski definition) is 1. The maximum absolute atomic E-state index is 12.0. The van der Waals surface area contributed by atoms with Crippen LogP contribution < -0.4 is 0 Å². The third-order valence-corrected chi connectivity index (χ3v) is 2.78. The second-order valence-corrected chi connectivity index (χ2v) is 3.54. The molecular formula is C6H3F3INS. The van der Waals surface area contributed by atoms with E-state index in [1.807, 2.05) is 22.6 Å². The maximum Gasteiger partial charge on any atom is 0.417 e. The third kappa shape index (κ3) is 2.25. The first-order valence-electron chi connectivity index (χ1n) is 2.83. The van der Waals surface area contributed by atoms with Crippen molar-refractivity contribution in [3.05, 3.63) is 21.5 Å². The molecule has 0 unspecified atom stereocenters. The van der Waals surface area contributed by atoms with Crippen molar-refractivity contribution >= 4 is 35.2 Å². The number of thiol groups is 1. The summed E-state index contributed by atoms with van der Waals surface area (Å²) in [6.07, 6.45) is -3.55. The summed E-state index contributed by atoms with van der Waals surface area (Å²) >= 11 is 5.64. The van der Waals surface area contributed by atoms with Crippen molar-refractivity contribution in [3.8, 4) is 0 Å². The molecule has 12 heavy (non-hydrogen) atoms. The van der Waals surface area contributed by atoms with Crippen LogP contribution in [0.2, 0.25) is 0 Å². The van der Waals surface area contributed by atoms with Gasteiger partial charge in [0.15, 0.2) is 0 Å². The van der Waals surface area contributed by atoms with Gasteiger partial charge in [-0.1, -0.05) is 0 Å². The summed E-state index contributed by atoms with van der Waals surface area (Å²) in [5.74, 6) is 0. The predicted octanol–water partition coefficient (Wildman–Crippen LogP) is 2.99. The van der Waals surface area contributed by atoms with Crippen LogP contribution in [0.25, 0.3) is 0 Å². The van der Waals surface area contributed by atoms with Crippen LogP contribution in [-0.2, 0) is 6.18 Å². The fourth-order valence-corrected chi connectivity index (χ4v) is 1.08. The maximum atomic E-state index is 12.0. The minimum atomic E-state index is -4.34. The molecule has 0 spiro atoms. The van der Waals surface area contributed by atoms with Gasteiger partial charge in [-0.15, -0.1) is 12.6 Å². The van der Waals surface area contributed by atoms with Crippen molar-refractivity contribution in [2.75, 3.05) is 0 Å². The molecule has 0 bridgehead atoms. The van der Waals surface area contributed by atoms with Gasteiger partial charge in [0.1, 0.15) is 3.70 Å². The monoisotopic (exact) mass is 305 g/mol. The van der Waals surface area contributed by atoms with Gasteiger partial charge < -0.3 is 0 Å². The van der Waals surface area contributed by atoms with E-state index in [1.165, 1.54) is 0 Å². The van der Waals surface area contributed by atoms with Crippen LogP contribution in [0.15, 0.2) is 17.2 Å². The first kappa shape index (κ1) is 10.1. The Bertz CT molecular complexity index is 299. The molecule has 0 fully saturated rings. The molecular weight excluding hydrogens is 302 g/mol. The molecule has 0 atom stereocenters. The summed E-state index contributed by atoms with van der Waals surface area (Å²) in [6.45, 7) is 0. The van der Waals surface area contributed by atoms with Gasteiger partial charge in [-0.25, -0.2) is 4.98 Å². The first-order chi connectivity index (χ1) is 5.41. The van der Waals surface area contributed by atoms with E-state index >= 15 is 0 Å². The molecule has 1 aromatic heterocycles. The van der Waals surface area contributed by atoms with Gasteiger partial charge in [0.25, 0.3) is 0 Å². The predicted molar refractivity (Wildman–Crippen MR) is 49.2 cm³/mol. The molecule has 0 radical (unpaired) electrons. The number of nitrogens with zero attached hydrogens (tertiary/aromatic N) is 1. The fourth-order valence-electron chi connectivity index (χ4n) is 0.591. The zero-order chi connectivity index (χ0) is 9.35. The minimum Gasteiger partial charge on any atom is -0.249 e. The van der Waals surface area contributed by atoms with Gasteiger partial charge in [0.2, 0.25) is 0 Å². The lowest BCUT2D eigenvalue weighted by Gasteiger charge is -2.06. The molecule has 0 saturated heterocycles. The molecule has 0 N–H and O–H groups in total. The summed E-state index contributed by atoms with van der Waals surface area (Å²) in [5.41, 5.74) is -0.770. The standard InChI is InChI=1S/C6H3F3INS/c7-6(8,9)3-1-4(12)5(10)11-2-3/h1-2,12H. The van der Waals surface area contributed by atoms with Crippen molar-refractivity contribution in [2.45, 2.75) is 11.1 Å². The number of hydrogen-bond acceptors (Lipinski definition) is 2. The molecule has 1 heterocycles. The topological polar surface area (TPSA) is 12.9 Å². The van der Waals surface area contributed by atoms with E-state index in [9.17, 15) is 13.2 Å². The Morgan fingerprint density at radius 3 is 2.42 bits per heavy atom. The zero-order valence-corrected chi connectivity index (χ0v) is 8.61. The van der Waals surface area contributed by atoms with Gasteiger partial charge in [-0.2, -0.15) is 13.2 Å². The van der Waals surface area contributed by atoms with Crippen molar-refractivity contribution < 1.29 is 13.2 Å². The molecule has 0 aliphatic heterocycles. The number of pyridine rings is 1. The van der Waals surface area contributed by atoms with Gasteiger partial charge in [-0.05, 0) is 28.7 Å². The minimum absolute atomic E-state index is 0.241. The molecule has 1 nitrogen and oxygen atoms in total. The highest BCUT2D eigenvalue weighted by atomic mass is 127. The SMILES string of the molecule is FC(F)(F)c1cnc(I)c(S)c1. The average Bonchev–Trinajstić information content (AvgIpc) is 1.92. The normalized spacial score (nSPS) is 11.8.